The number of likely N-dealkylation sites (tertiary alicyclic amines) is 1. The van der Waals surface area contributed by atoms with E-state index in [1.54, 1.807) is 4.90 Å². The zero-order chi connectivity index (χ0) is 28.6. The van der Waals surface area contributed by atoms with Gasteiger partial charge in [-0.2, -0.15) is 0 Å². The van der Waals surface area contributed by atoms with Gasteiger partial charge in [0, 0.05) is 17.1 Å². The highest BCUT2D eigenvalue weighted by molar-refractivity contribution is 7.13. The highest BCUT2D eigenvalue weighted by Gasteiger charge is 2.43. The van der Waals surface area contributed by atoms with Crippen molar-refractivity contribution in [3.63, 3.8) is 0 Å². The first-order chi connectivity index (χ1) is 19.2. The number of amides is 3. The second kappa shape index (κ2) is 13.3. The Labute approximate surface area is 237 Å². The Bertz CT molecular complexity index is 1330. The molecule has 1 aliphatic rings. The van der Waals surface area contributed by atoms with E-state index in [1.807, 2.05) is 67.6 Å². The van der Waals surface area contributed by atoms with E-state index in [0.717, 1.165) is 22.5 Å². The molecule has 1 aromatic heterocycles. The molecule has 3 amide bonds. The van der Waals surface area contributed by atoms with Gasteiger partial charge in [0.1, 0.15) is 12.1 Å². The summed E-state index contributed by atoms with van der Waals surface area (Å²) < 4.78 is 0. The maximum atomic E-state index is 13.5. The molecule has 0 bridgehead atoms. The molecule has 0 aliphatic carbocycles. The van der Waals surface area contributed by atoms with Crippen LogP contribution in [0.25, 0.3) is 0 Å². The summed E-state index contributed by atoms with van der Waals surface area (Å²) in [6, 6.07) is 16.6. The molecule has 1 aliphatic heterocycles. The average molecular weight is 563 g/mol. The van der Waals surface area contributed by atoms with Crippen molar-refractivity contribution in [3.8, 4) is 5.19 Å². The fraction of sp³-hybridized carbons (Fsp3) is 0.367. The van der Waals surface area contributed by atoms with Gasteiger partial charge in [-0.25, -0.2) is 4.98 Å². The Hall–Kier alpha value is -4.05. The maximum absolute atomic E-state index is 13.5. The molecule has 2 heterocycles. The summed E-state index contributed by atoms with van der Waals surface area (Å²) in [7, 11) is 0. The van der Waals surface area contributed by atoms with Crippen LogP contribution in [0, 0.1) is 0 Å². The molecule has 1 saturated heterocycles. The molecule has 40 heavy (non-hydrogen) atoms. The number of ketones is 1. The molecule has 210 valence electrons. The fourth-order valence-electron chi connectivity index (χ4n) is 5.09. The van der Waals surface area contributed by atoms with Crippen LogP contribution >= 0.6 is 11.3 Å². The van der Waals surface area contributed by atoms with Gasteiger partial charge in [-0.1, -0.05) is 72.0 Å². The minimum atomic E-state index is -0.876. The van der Waals surface area contributed by atoms with E-state index in [2.05, 4.69) is 15.6 Å². The number of hydrogen-bond acceptors (Lipinski definition) is 7. The summed E-state index contributed by atoms with van der Waals surface area (Å²) >= 11 is 0.999. The minimum Gasteiger partial charge on any atom is -0.486 e. The zero-order valence-electron chi connectivity index (χ0n) is 22.6. The Balaban J connectivity index is 1.45. The number of nitrogens with zero attached hydrogens (tertiary/aromatic N) is 2. The van der Waals surface area contributed by atoms with E-state index >= 15 is 0 Å². The lowest BCUT2D eigenvalue weighted by Crippen LogP contribution is -2.53. The first-order valence-electron chi connectivity index (χ1n) is 13.3. The molecule has 9 nitrogen and oxygen atoms in total. The van der Waals surface area contributed by atoms with Crippen LogP contribution in [-0.2, 0) is 38.4 Å². The summed E-state index contributed by atoms with van der Waals surface area (Å²) in [5.74, 6) is -1.25. The smallest absolute Gasteiger partial charge is 0.270 e. The second-order valence-corrected chi connectivity index (χ2v) is 11.2. The van der Waals surface area contributed by atoms with E-state index < -0.39 is 24.0 Å². The molecule has 4 rings (SSSR count). The largest absolute Gasteiger partial charge is 0.486 e. The van der Waals surface area contributed by atoms with Crippen LogP contribution in [0.2, 0.25) is 0 Å². The Morgan fingerprint density at radius 1 is 1.07 bits per heavy atom. The second-order valence-electron chi connectivity index (χ2n) is 10.1. The molecule has 2 aromatic carbocycles. The number of rotatable bonds is 12. The molecule has 0 saturated carbocycles. The molecule has 3 aromatic rings. The third-order valence-electron chi connectivity index (χ3n) is 7.09. The van der Waals surface area contributed by atoms with Gasteiger partial charge >= 0.3 is 0 Å². The molecule has 3 N–H and O–H groups in total. The molecule has 1 fully saturated rings. The number of aryl methyl sites for hydroxylation is 1. The lowest BCUT2D eigenvalue weighted by Gasteiger charge is -2.30. The van der Waals surface area contributed by atoms with Gasteiger partial charge in [-0.05, 0) is 50.7 Å². The van der Waals surface area contributed by atoms with E-state index in [-0.39, 0.29) is 35.3 Å². The minimum absolute atomic E-state index is 0.0275. The van der Waals surface area contributed by atoms with Gasteiger partial charge in [0.2, 0.25) is 17.7 Å². The highest BCUT2D eigenvalue weighted by Crippen LogP contribution is 2.25. The van der Waals surface area contributed by atoms with E-state index in [0.29, 0.717) is 30.6 Å². The zero-order valence-corrected chi connectivity index (χ0v) is 23.4. The molecular formula is C30H34N4O5S. The first kappa shape index (κ1) is 28.9. The molecule has 0 spiro atoms. The number of Topliss-reactive ketones (excluding diaryl/α,β-unsaturated/α-hetero) is 1. The SMILES string of the molecule is CC(=O)[C@H](Cc1ccccc1)N1C(=O)[C@@H](NC(=O)[C@H](CCc2ccccc2)NC(=O)Cc2cnc(O)s2)CC1C. The number of aromatic hydroxyl groups is 1. The van der Waals surface area contributed by atoms with Crippen LogP contribution in [0.1, 0.15) is 42.7 Å². The Morgan fingerprint density at radius 3 is 2.33 bits per heavy atom. The van der Waals surface area contributed by atoms with Gasteiger partial charge in [0.25, 0.3) is 5.19 Å². The van der Waals surface area contributed by atoms with Crippen LogP contribution in [0.3, 0.4) is 0 Å². The summed E-state index contributed by atoms with van der Waals surface area (Å²) in [6.45, 7) is 3.36. The first-order valence-corrected chi connectivity index (χ1v) is 14.2. The molecule has 1 unspecified atom stereocenters. The number of aromatic nitrogens is 1. The summed E-state index contributed by atoms with van der Waals surface area (Å²) in [6.07, 6.45) is 3.04. The molecule has 10 heteroatoms. The molecule has 4 atom stereocenters. The standard InChI is InChI=1S/C30H34N4O5S/c1-19-15-25(29(38)34(19)26(20(2)35)16-22-11-7-4-8-12-22)33-28(37)24(14-13-21-9-5-3-6-10-21)32-27(36)17-23-18-31-30(39)40-23/h3-12,18-19,24-26H,13-17H2,1-2H3,(H,31,39)(H,32,36)(H,33,37)/t19?,24-,25-,26-/m0/s1. The average Bonchev–Trinajstić information content (AvgIpc) is 3.46. The van der Waals surface area contributed by atoms with Crippen molar-refractivity contribution in [2.75, 3.05) is 0 Å². The number of carbonyl (C=O) groups excluding carboxylic acids is 4. The summed E-state index contributed by atoms with van der Waals surface area (Å²) in [5.41, 5.74) is 1.97. The van der Waals surface area contributed by atoms with Crippen molar-refractivity contribution in [3.05, 3.63) is 82.9 Å². The lowest BCUT2D eigenvalue weighted by atomic mass is 10.0. The van der Waals surface area contributed by atoms with Crippen LogP contribution < -0.4 is 10.6 Å². The van der Waals surface area contributed by atoms with Crippen LogP contribution in [0.5, 0.6) is 5.19 Å². The van der Waals surface area contributed by atoms with Gasteiger partial charge < -0.3 is 20.6 Å². The molecule has 0 radical (unpaired) electrons. The lowest BCUT2D eigenvalue weighted by molar-refractivity contribution is -0.139. The van der Waals surface area contributed by atoms with Crippen molar-refractivity contribution in [1.29, 1.82) is 0 Å². The predicted octanol–water partition coefficient (Wildman–Crippen LogP) is 2.81. The van der Waals surface area contributed by atoms with E-state index in [4.69, 9.17) is 0 Å². The van der Waals surface area contributed by atoms with E-state index in [1.165, 1.54) is 13.1 Å². The summed E-state index contributed by atoms with van der Waals surface area (Å²) in [5, 5.41) is 15.0. The third-order valence-corrected chi connectivity index (χ3v) is 7.89. The highest BCUT2D eigenvalue weighted by atomic mass is 32.1. The van der Waals surface area contributed by atoms with Crippen molar-refractivity contribution in [2.45, 2.75) is 70.1 Å². The quantitative estimate of drug-likeness (QED) is 0.311. The normalized spacial score (nSPS) is 18.2. The van der Waals surface area contributed by atoms with Crippen LogP contribution in [0.4, 0.5) is 0 Å². The van der Waals surface area contributed by atoms with E-state index in [9.17, 15) is 24.3 Å². The van der Waals surface area contributed by atoms with Gasteiger partial charge in [0.05, 0.1) is 12.5 Å². The monoisotopic (exact) mass is 562 g/mol. The summed E-state index contributed by atoms with van der Waals surface area (Å²) in [4.78, 5) is 58.3. The topological polar surface area (TPSA) is 129 Å². The van der Waals surface area contributed by atoms with Crippen molar-refractivity contribution in [1.82, 2.24) is 20.5 Å². The predicted molar refractivity (Wildman–Crippen MR) is 152 cm³/mol. The fourth-order valence-corrected chi connectivity index (χ4v) is 5.74. The number of hydrogen-bond donors (Lipinski definition) is 3. The van der Waals surface area contributed by atoms with Crippen molar-refractivity contribution < 1.29 is 24.3 Å². The Morgan fingerprint density at radius 2 is 1.73 bits per heavy atom. The van der Waals surface area contributed by atoms with Gasteiger partial charge in [0.15, 0.2) is 5.78 Å². The van der Waals surface area contributed by atoms with Crippen molar-refractivity contribution >= 4 is 34.8 Å². The maximum Gasteiger partial charge on any atom is 0.270 e. The Kier molecular flexibility index (Phi) is 9.65. The number of carbonyl (C=O) groups is 4. The number of benzene rings is 2. The third kappa shape index (κ3) is 7.53. The number of thiazole rings is 1. The van der Waals surface area contributed by atoms with Crippen LogP contribution in [0.15, 0.2) is 66.9 Å². The molecular weight excluding hydrogens is 528 g/mol. The van der Waals surface area contributed by atoms with Crippen LogP contribution in [-0.4, -0.2) is 62.7 Å². The van der Waals surface area contributed by atoms with Gasteiger partial charge in [-0.3, -0.25) is 19.2 Å². The van der Waals surface area contributed by atoms with Crippen molar-refractivity contribution in [2.24, 2.45) is 0 Å². The number of nitrogens with one attached hydrogen (secondary N) is 2. The van der Waals surface area contributed by atoms with Gasteiger partial charge in [-0.15, -0.1) is 0 Å².